The lowest BCUT2D eigenvalue weighted by molar-refractivity contribution is 0.197. The van der Waals surface area contributed by atoms with Gasteiger partial charge in [-0.3, -0.25) is 0 Å². The summed E-state index contributed by atoms with van der Waals surface area (Å²) >= 11 is 0. The summed E-state index contributed by atoms with van der Waals surface area (Å²) in [5.41, 5.74) is 4.52. The largest absolute Gasteiger partial charge is 0.493 e. The number of hydrogen-bond donors (Lipinski definition) is 2. The molecule has 2 fully saturated rings. The number of amides is 2. The lowest BCUT2D eigenvalue weighted by atomic mass is 9.63. The maximum Gasteiger partial charge on any atom is 0.319 e. The van der Waals surface area contributed by atoms with Gasteiger partial charge in [0.15, 0.2) is 11.5 Å². The maximum absolute atomic E-state index is 12.7. The van der Waals surface area contributed by atoms with Gasteiger partial charge in [0, 0.05) is 30.2 Å². The highest BCUT2D eigenvalue weighted by atomic mass is 16.5. The fourth-order valence-corrected chi connectivity index (χ4v) is 5.85. The molecule has 32 heavy (non-hydrogen) atoms. The minimum atomic E-state index is -0.120. The zero-order valence-electron chi connectivity index (χ0n) is 19.8. The van der Waals surface area contributed by atoms with Crippen molar-refractivity contribution >= 4 is 11.7 Å². The lowest BCUT2D eigenvalue weighted by Crippen LogP contribution is -2.48. The Hall–Kier alpha value is -2.73. The fourth-order valence-electron chi connectivity index (χ4n) is 5.85. The Morgan fingerprint density at radius 2 is 1.78 bits per heavy atom. The van der Waals surface area contributed by atoms with Gasteiger partial charge in [-0.1, -0.05) is 12.1 Å². The van der Waals surface area contributed by atoms with E-state index in [2.05, 4.69) is 40.8 Å². The molecule has 2 aliphatic rings. The number of nitrogens with zero attached hydrogens (tertiary/aromatic N) is 1. The van der Waals surface area contributed by atoms with Crippen LogP contribution in [0, 0.1) is 19.8 Å². The zero-order chi connectivity index (χ0) is 22.9. The van der Waals surface area contributed by atoms with Crippen LogP contribution in [0.2, 0.25) is 0 Å². The number of methoxy groups -OCH3 is 2. The van der Waals surface area contributed by atoms with E-state index in [-0.39, 0.29) is 17.5 Å². The van der Waals surface area contributed by atoms with E-state index in [0.717, 1.165) is 60.7 Å². The molecule has 0 radical (unpaired) electrons. The van der Waals surface area contributed by atoms with Crippen molar-refractivity contribution in [2.45, 2.75) is 44.6 Å². The number of rotatable bonds is 5. The molecule has 0 spiro atoms. The molecule has 1 aliphatic carbocycles. The second-order valence-corrected chi connectivity index (χ2v) is 9.57. The van der Waals surface area contributed by atoms with Gasteiger partial charge in [-0.15, -0.1) is 0 Å². The molecule has 172 valence electrons. The van der Waals surface area contributed by atoms with Crippen LogP contribution in [0.25, 0.3) is 0 Å². The van der Waals surface area contributed by atoms with Gasteiger partial charge >= 0.3 is 6.03 Å². The molecule has 2 aromatic carbocycles. The maximum atomic E-state index is 12.7. The highest BCUT2D eigenvalue weighted by molar-refractivity contribution is 5.89. The third-order valence-electron chi connectivity index (χ3n) is 7.15. The quantitative estimate of drug-likeness (QED) is 0.723. The summed E-state index contributed by atoms with van der Waals surface area (Å²) in [7, 11) is 5.55. The summed E-state index contributed by atoms with van der Waals surface area (Å²) in [5, 5.41) is 6.25. The zero-order valence-corrected chi connectivity index (χ0v) is 19.8. The first-order chi connectivity index (χ1) is 15.3. The lowest BCUT2D eigenvalue weighted by Gasteiger charge is -2.42. The number of carbonyl (C=O) groups excluding carboxylic acids is 1. The summed E-state index contributed by atoms with van der Waals surface area (Å²) < 4.78 is 11.0. The smallest absolute Gasteiger partial charge is 0.319 e. The normalized spacial score (nSPS) is 25.2. The van der Waals surface area contributed by atoms with Crippen molar-refractivity contribution in [1.82, 2.24) is 10.2 Å². The molecule has 6 heteroatoms. The van der Waals surface area contributed by atoms with Crippen molar-refractivity contribution in [2.75, 3.05) is 39.7 Å². The highest BCUT2D eigenvalue weighted by Gasteiger charge is 2.50. The van der Waals surface area contributed by atoms with Crippen LogP contribution in [-0.2, 0) is 5.41 Å². The first kappa shape index (κ1) is 22.5. The summed E-state index contributed by atoms with van der Waals surface area (Å²) in [6, 6.07) is 12.5. The fraction of sp³-hybridized carbons (Fsp3) is 0.500. The topological polar surface area (TPSA) is 62.8 Å². The van der Waals surface area contributed by atoms with E-state index in [1.54, 1.807) is 14.2 Å². The van der Waals surface area contributed by atoms with Crippen LogP contribution in [0.3, 0.4) is 0 Å². The Morgan fingerprint density at radius 3 is 2.47 bits per heavy atom. The molecule has 3 atom stereocenters. The number of benzene rings is 2. The van der Waals surface area contributed by atoms with Gasteiger partial charge in [-0.25, -0.2) is 4.79 Å². The number of anilines is 1. The second kappa shape index (κ2) is 9.02. The third-order valence-corrected chi connectivity index (χ3v) is 7.15. The molecule has 2 amide bonds. The molecule has 1 heterocycles. The highest BCUT2D eigenvalue weighted by Crippen LogP contribution is 2.49. The van der Waals surface area contributed by atoms with Crippen molar-refractivity contribution in [2.24, 2.45) is 5.92 Å². The molecule has 1 saturated heterocycles. The molecule has 4 rings (SSSR count). The van der Waals surface area contributed by atoms with E-state index < -0.39 is 0 Å². The number of urea groups is 1. The van der Waals surface area contributed by atoms with Crippen molar-refractivity contribution in [1.29, 1.82) is 0 Å². The number of likely N-dealkylation sites (N-methyl/N-ethyl adjacent to an activating group) is 1. The molecule has 2 N–H and O–H groups in total. The molecular weight excluding hydrogens is 402 g/mol. The first-order valence-corrected chi connectivity index (χ1v) is 11.4. The van der Waals surface area contributed by atoms with E-state index in [4.69, 9.17) is 9.47 Å². The van der Waals surface area contributed by atoms with Crippen LogP contribution in [0.5, 0.6) is 11.5 Å². The van der Waals surface area contributed by atoms with Gasteiger partial charge in [0.2, 0.25) is 0 Å². The summed E-state index contributed by atoms with van der Waals surface area (Å²) in [4.78, 5) is 15.1. The van der Waals surface area contributed by atoms with Gasteiger partial charge in [0.1, 0.15) is 0 Å². The Morgan fingerprint density at radius 1 is 1.06 bits per heavy atom. The van der Waals surface area contributed by atoms with E-state index in [1.807, 2.05) is 32.0 Å². The molecule has 1 aliphatic heterocycles. The molecular formula is C26H35N3O3. The number of carbonyl (C=O) groups is 1. The van der Waals surface area contributed by atoms with Crippen LogP contribution in [0.4, 0.5) is 10.5 Å². The van der Waals surface area contributed by atoms with E-state index >= 15 is 0 Å². The standard InChI is InChI=1S/C26H35N3O3/c1-17-10-18(2)12-22(11-17)28-25(30)27-21-8-9-26(16-29(3)15-20(26)13-21)19-6-7-23(31-4)24(14-19)32-5/h6-7,10-12,14,20-21H,8-9,13,15-16H2,1-5H3,(H2,27,28,30)/t20-,21-,26+/m1/s1. The Kier molecular flexibility index (Phi) is 6.33. The number of likely N-dealkylation sites (tertiary alicyclic amines) is 1. The van der Waals surface area contributed by atoms with Gasteiger partial charge in [0.25, 0.3) is 0 Å². The minimum absolute atomic E-state index is 0.0800. The van der Waals surface area contributed by atoms with Crippen LogP contribution < -0.4 is 20.1 Å². The van der Waals surface area contributed by atoms with Gasteiger partial charge < -0.3 is 25.0 Å². The monoisotopic (exact) mass is 437 g/mol. The van der Waals surface area contributed by atoms with Crippen molar-refractivity contribution in [3.05, 3.63) is 53.1 Å². The molecule has 2 aromatic rings. The first-order valence-electron chi connectivity index (χ1n) is 11.4. The summed E-state index contributed by atoms with van der Waals surface area (Å²) in [6.07, 6.45) is 2.96. The third kappa shape index (κ3) is 4.42. The minimum Gasteiger partial charge on any atom is -0.493 e. The number of ether oxygens (including phenoxy) is 2. The average Bonchev–Trinajstić information content (AvgIpc) is 3.08. The van der Waals surface area contributed by atoms with E-state index in [1.165, 1.54) is 5.56 Å². The van der Waals surface area contributed by atoms with Gasteiger partial charge in [-0.2, -0.15) is 0 Å². The number of nitrogens with one attached hydrogen (secondary N) is 2. The van der Waals surface area contributed by atoms with Crippen LogP contribution in [0.1, 0.15) is 36.0 Å². The molecule has 6 nitrogen and oxygen atoms in total. The number of hydrogen-bond acceptors (Lipinski definition) is 4. The van der Waals surface area contributed by atoms with Crippen molar-refractivity contribution in [3.8, 4) is 11.5 Å². The van der Waals surface area contributed by atoms with Crippen LogP contribution in [0.15, 0.2) is 36.4 Å². The Balaban J connectivity index is 1.47. The molecule has 1 saturated carbocycles. The predicted octanol–water partition coefficient (Wildman–Crippen LogP) is 4.49. The van der Waals surface area contributed by atoms with Crippen molar-refractivity contribution < 1.29 is 14.3 Å². The molecule has 0 bridgehead atoms. The SMILES string of the molecule is COc1ccc([C@@]23CC[C@@H](NC(=O)Nc4cc(C)cc(C)c4)C[C@@H]2CN(C)C3)cc1OC. The van der Waals surface area contributed by atoms with Crippen LogP contribution >= 0.6 is 0 Å². The van der Waals surface area contributed by atoms with E-state index in [0.29, 0.717) is 5.92 Å². The van der Waals surface area contributed by atoms with E-state index in [9.17, 15) is 4.79 Å². The molecule has 0 aromatic heterocycles. The number of fused-ring (bicyclic) bond motifs is 1. The second-order valence-electron chi connectivity index (χ2n) is 9.57. The Labute approximate surface area is 191 Å². The predicted molar refractivity (Wildman–Crippen MR) is 128 cm³/mol. The summed E-state index contributed by atoms with van der Waals surface area (Å²) in [5.74, 6) is 2.01. The summed E-state index contributed by atoms with van der Waals surface area (Å²) in [6.45, 7) is 6.14. The molecule has 0 unspecified atom stereocenters. The van der Waals surface area contributed by atoms with Crippen LogP contribution in [-0.4, -0.2) is 51.3 Å². The Bertz CT molecular complexity index is 972. The van der Waals surface area contributed by atoms with Gasteiger partial charge in [-0.05, 0) is 87.0 Å². The number of aryl methyl sites for hydroxylation is 2. The van der Waals surface area contributed by atoms with Gasteiger partial charge in [0.05, 0.1) is 14.2 Å². The average molecular weight is 438 g/mol. The van der Waals surface area contributed by atoms with Crippen molar-refractivity contribution in [3.63, 3.8) is 0 Å².